The number of hydrogen-bond donors (Lipinski definition) is 2. The van der Waals surface area contributed by atoms with E-state index >= 15 is 0 Å². The van der Waals surface area contributed by atoms with Gasteiger partial charge in [0.15, 0.2) is 0 Å². The lowest BCUT2D eigenvalue weighted by Crippen LogP contribution is -2.06. The summed E-state index contributed by atoms with van der Waals surface area (Å²) in [6, 6.07) is 19.8. The highest BCUT2D eigenvalue weighted by Crippen LogP contribution is 2.23. The summed E-state index contributed by atoms with van der Waals surface area (Å²) >= 11 is 6.10. The molecule has 6 heteroatoms. The number of carboxylic acids is 1. The molecule has 0 aliphatic heterocycles. The molecule has 0 aliphatic carbocycles. The van der Waals surface area contributed by atoms with Crippen LogP contribution in [0.15, 0.2) is 66.7 Å². The molecule has 0 aromatic heterocycles. The maximum Gasteiger partial charge on any atom is 0.335 e. The van der Waals surface area contributed by atoms with Crippen LogP contribution < -0.4 is 10.2 Å². The van der Waals surface area contributed by atoms with Gasteiger partial charge in [-0.25, -0.2) is 4.79 Å². The van der Waals surface area contributed by atoms with Crippen LogP contribution in [0.1, 0.15) is 27.0 Å². The van der Waals surface area contributed by atoms with Crippen molar-refractivity contribution in [2.45, 2.75) is 20.1 Å². The van der Waals surface area contributed by atoms with Crippen LogP contribution in [0, 0.1) is 6.92 Å². The number of halogens is 1. The Morgan fingerprint density at radius 1 is 1.00 bits per heavy atom. The summed E-state index contributed by atoms with van der Waals surface area (Å²) in [5.41, 5.74) is 6.76. The van der Waals surface area contributed by atoms with E-state index in [9.17, 15) is 4.79 Å². The zero-order valence-corrected chi connectivity index (χ0v) is 16.1. The van der Waals surface area contributed by atoms with Crippen LogP contribution >= 0.6 is 11.6 Å². The first-order chi connectivity index (χ1) is 13.5. The smallest absolute Gasteiger partial charge is 0.335 e. The Bertz CT molecular complexity index is 940. The van der Waals surface area contributed by atoms with Gasteiger partial charge >= 0.3 is 5.97 Å². The van der Waals surface area contributed by atoms with Crippen LogP contribution in [0.25, 0.3) is 0 Å². The Kier molecular flexibility index (Phi) is 6.53. The van der Waals surface area contributed by atoms with Gasteiger partial charge < -0.3 is 9.84 Å². The molecule has 0 fully saturated rings. The predicted molar refractivity (Wildman–Crippen MR) is 109 cm³/mol. The van der Waals surface area contributed by atoms with Crippen molar-refractivity contribution < 1.29 is 19.5 Å². The predicted octanol–water partition coefficient (Wildman–Crippen LogP) is 5.47. The van der Waals surface area contributed by atoms with Gasteiger partial charge in [-0.1, -0.05) is 47.5 Å². The van der Waals surface area contributed by atoms with Crippen LogP contribution in [-0.2, 0) is 18.1 Å². The van der Waals surface area contributed by atoms with Gasteiger partial charge in [-0.3, -0.25) is 10.3 Å². The minimum atomic E-state index is -0.956. The Balaban J connectivity index is 1.60. The van der Waals surface area contributed by atoms with E-state index in [2.05, 4.69) is 5.48 Å². The first-order valence-electron chi connectivity index (χ1n) is 8.69. The van der Waals surface area contributed by atoms with E-state index in [1.807, 2.05) is 37.3 Å². The fourth-order valence-corrected chi connectivity index (χ4v) is 2.68. The van der Waals surface area contributed by atoms with Crippen molar-refractivity contribution in [3.05, 3.63) is 94.0 Å². The molecule has 0 atom stereocenters. The second-order valence-electron chi connectivity index (χ2n) is 6.30. The number of aromatic carboxylic acids is 1. The van der Waals surface area contributed by atoms with Crippen molar-refractivity contribution in [2.75, 3.05) is 5.48 Å². The molecule has 0 saturated carbocycles. The van der Waals surface area contributed by atoms with Crippen molar-refractivity contribution in [1.82, 2.24) is 0 Å². The molecule has 0 aliphatic rings. The average molecular weight is 398 g/mol. The lowest BCUT2D eigenvalue weighted by Gasteiger charge is -2.14. The summed E-state index contributed by atoms with van der Waals surface area (Å²) in [7, 11) is 0. The molecule has 0 radical (unpaired) electrons. The normalized spacial score (nSPS) is 10.5. The first-order valence-corrected chi connectivity index (χ1v) is 9.07. The van der Waals surface area contributed by atoms with Gasteiger partial charge in [0, 0.05) is 10.6 Å². The summed E-state index contributed by atoms with van der Waals surface area (Å²) in [5, 5.41) is 9.52. The van der Waals surface area contributed by atoms with E-state index in [0.29, 0.717) is 17.3 Å². The van der Waals surface area contributed by atoms with Crippen LogP contribution in [0.4, 0.5) is 5.69 Å². The summed E-state index contributed by atoms with van der Waals surface area (Å²) in [4.78, 5) is 16.5. The number of rotatable bonds is 8. The van der Waals surface area contributed by atoms with Crippen LogP contribution in [0.3, 0.4) is 0 Å². The maximum atomic E-state index is 10.9. The van der Waals surface area contributed by atoms with Crippen LogP contribution in [-0.4, -0.2) is 11.1 Å². The second-order valence-corrected chi connectivity index (χ2v) is 6.73. The summed E-state index contributed by atoms with van der Waals surface area (Å²) in [6.07, 6.45) is 0. The molecular weight excluding hydrogens is 378 g/mol. The SMILES string of the molecule is Cc1ccc(OCc2ccc(Cl)cc2NOCc2ccc(C(=O)O)cc2)cc1. The molecule has 0 spiro atoms. The fourth-order valence-electron chi connectivity index (χ4n) is 2.51. The Hall–Kier alpha value is -3.02. The Morgan fingerprint density at radius 2 is 1.71 bits per heavy atom. The molecule has 0 amide bonds. The zero-order chi connectivity index (χ0) is 19.9. The van der Waals surface area contributed by atoms with Gasteiger partial charge in [0.05, 0.1) is 17.9 Å². The number of anilines is 1. The van der Waals surface area contributed by atoms with E-state index in [1.54, 1.807) is 36.4 Å². The summed E-state index contributed by atoms with van der Waals surface area (Å²) in [5.74, 6) is -0.173. The lowest BCUT2D eigenvalue weighted by molar-refractivity contribution is 0.0696. The minimum absolute atomic E-state index is 0.238. The molecule has 3 aromatic carbocycles. The highest BCUT2D eigenvalue weighted by molar-refractivity contribution is 6.30. The summed E-state index contributed by atoms with van der Waals surface area (Å²) in [6.45, 7) is 2.65. The van der Waals surface area contributed by atoms with Gasteiger partial charge in [0.2, 0.25) is 0 Å². The first kappa shape index (κ1) is 19.7. The Morgan fingerprint density at radius 3 is 2.39 bits per heavy atom. The molecule has 2 N–H and O–H groups in total. The number of aryl methyl sites for hydroxylation is 1. The van der Waals surface area contributed by atoms with Gasteiger partial charge in [-0.15, -0.1) is 0 Å². The van der Waals surface area contributed by atoms with Crippen molar-refractivity contribution in [3.8, 4) is 5.75 Å². The highest BCUT2D eigenvalue weighted by atomic mass is 35.5. The zero-order valence-electron chi connectivity index (χ0n) is 15.3. The molecular formula is C22H20ClNO4. The minimum Gasteiger partial charge on any atom is -0.489 e. The quantitative estimate of drug-likeness (QED) is 0.493. The van der Waals surface area contributed by atoms with Gasteiger partial charge in [-0.05, 0) is 48.9 Å². The molecule has 3 rings (SSSR count). The standard InChI is InChI=1S/C22H20ClNO4/c1-15-2-10-20(11-3-15)27-14-18-8-9-19(23)12-21(18)24-28-13-16-4-6-17(7-5-16)22(25)26/h2-12,24H,13-14H2,1H3,(H,25,26). The molecule has 0 heterocycles. The molecule has 5 nitrogen and oxygen atoms in total. The van der Waals surface area contributed by atoms with E-state index in [4.69, 9.17) is 26.3 Å². The average Bonchev–Trinajstić information content (AvgIpc) is 2.69. The molecule has 3 aromatic rings. The van der Waals surface area contributed by atoms with E-state index in [-0.39, 0.29) is 12.2 Å². The third kappa shape index (κ3) is 5.49. The number of benzene rings is 3. The monoisotopic (exact) mass is 397 g/mol. The maximum absolute atomic E-state index is 10.9. The largest absolute Gasteiger partial charge is 0.489 e. The summed E-state index contributed by atoms with van der Waals surface area (Å²) < 4.78 is 5.83. The van der Waals surface area contributed by atoms with Crippen molar-refractivity contribution in [2.24, 2.45) is 0 Å². The van der Waals surface area contributed by atoms with Gasteiger partial charge in [-0.2, -0.15) is 0 Å². The topological polar surface area (TPSA) is 67.8 Å². The van der Waals surface area contributed by atoms with E-state index in [0.717, 1.165) is 16.9 Å². The van der Waals surface area contributed by atoms with Crippen molar-refractivity contribution in [1.29, 1.82) is 0 Å². The van der Waals surface area contributed by atoms with E-state index < -0.39 is 5.97 Å². The molecule has 28 heavy (non-hydrogen) atoms. The highest BCUT2D eigenvalue weighted by Gasteiger charge is 2.06. The lowest BCUT2D eigenvalue weighted by atomic mass is 10.1. The number of ether oxygens (including phenoxy) is 1. The van der Waals surface area contributed by atoms with Crippen LogP contribution in [0.2, 0.25) is 5.02 Å². The van der Waals surface area contributed by atoms with Gasteiger partial charge in [0.25, 0.3) is 0 Å². The molecule has 0 unspecified atom stereocenters. The third-order valence-electron chi connectivity index (χ3n) is 4.11. The number of hydrogen-bond acceptors (Lipinski definition) is 4. The Labute approximate surface area is 168 Å². The fraction of sp³-hybridized carbons (Fsp3) is 0.136. The van der Waals surface area contributed by atoms with Crippen molar-refractivity contribution in [3.63, 3.8) is 0 Å². The number of nitrogens with one attached hydrogen (secondary N) is 1. The third-order valence-corrected chi connectivity index (χ3v) is 4.34. The number of carbonyl (C=O) groups is 1. The number of carboxylic acid groups (broad SMARTS) is 1. The van der Waals surface area contributed by atoms with Gasteiger partial charge in [0.1, 0.15) is 12.4 Å². The van der Waals surface area contributed by atoms with Crippen LogP contribution in [0.5, 0.6) is 5.75 Å². The molecule has 0 saturated heterocycles. The molecule has 0 bridgehead atoms. The second kappa shape index (κ2) is 9.26. The van der Waals surface area contributed by atoms with Crippen molar-refractivity contribution >= 4 is 23.3 Å². The van der Waals surface area contributed by atoms with E-state index in [1.165, 1.54) is 5.56 Å². The molecule has 144 valence electrons.